The Morgan fingerprint density at radius 2 is 2.00 bits per heavy atom. The maximum Gasteiger partial charge on any atom is -0.00433 e. The maximum absolute atomic E-state index is 5.88. The molecule has 1 spiro atoms. The summed E-state index contributed by atoms with van der Waals surface area (Å²) in [5, 5.41) is 0. The van der Waals surface area contributed by atoms with Gasteiger partial charge in [-0.25, -0.2) is 0 Å². The third-order valence-electron chi connectivity index (χ3n) is 5.96. The molecule has 5 atom stereocenters. The van der Waals surface area contributed by atoms with E-state index >= 15 is 0 Å². The molecule has 0 saturated heterocycles. The predicted molar refractivity (Wildman–Crippen MR) is 52.0 cm³/mol. The second kappa shape index (κ2) is 1.98. The Bertz CT molecular complexity index is 256. The Balaban J connectivity index is 1.71. The van der Waals surface area contributed by atoms with Crippen molar-refractivity contribution in [2.24, 2.45) is 40.7 Å². The normalized spacial score (nSPS) is 59.3. The lowest BCUT2D eigenvalue weighted by Gasteiger charge is -2.46. The molecule has 1 nitrogen and oxygen atoms in total. The van der Waals surface area contributed by atoms with Crippen LogP contribution in [0.1, 0.15) is 32.1 Å². The van der Waals surface area contributed by atoms with E-state index in [4.69, 9.17) is 5.73 Å². The molecule has 4 aliphatic rings. The predicted octanol–water partition coefficient (Wildman–Crippen LogP) is 2.02. The summed E-state index contributed by atoms with van der Waals surface area (Å²) >= 11 is 0. The Kier molecular flexibility index (Phi) is 1.11. The molecule has 0 aromatic rings. The van der Waals surface area contributed by atoms with Crippen LogP contribution in [0, 0.1) is 35.0 Å². The van der Waals surface area contributed by atoms with E-state index in [0.29, 0.717) is 0 Å². The summed E-state index contributed by atoms with van der Waals surface area (Å²) in [5.41, 5.74) is 6.77. The molecule has 1 heteroatoms. The molecule has 0 radical (unpaired) electrons. The van der Waals surface area contributed by atoms with Crippen LogP contribution in [-0.2, 0) is 0 Å². The fourth-order valence-corrected chi connectivity index (χ4v) is 5.34. The van der Waals surface area contributed by atoms with Crippen LogP contribution in [-0.4, -0.2) is 6.54 Å². The van der Waals surface area contributed by atoms with Gasteiger partial charge in [0.15, 0.2) is 0 Å². The summed E-state index contributed by atoms with van der Waals surface area (Å²) in [6, 6.07) is 0. The first-order valence-corrected chi connectivity index (χ1v) is 6.06. The Hall–Kier alpha value is -0.0400. The highest BCUT2D eigenvalue weighted by atomic mass is 14.8. The molecule has 4 fully saturated rings. The van der Waals surface area contributed by atoms with Crippen molar-refractivity contribution in [3.05, 3.63) is 0 Å². The van der Waals surface area contributed by atoms with Crippen LogP contribution in [0.25, 0.3) is 0 Å². The quantitative estimate of drug-likeness (QED) is 0.651. The van der Waals surface area contributed by atoms with Gasteiger partial charge in [0.2, 0.25) is 0 Å². The van der Waals surface area contributed by atoms with Gasteiger partial charge in [-0.3, -0.25) is 0 Å². The third kappa shape index (κ3) is 0.643. The lowest BCUT2D eigenvalue weighted by molar-refractivity contribution is 0.0202. The van der Waals surface area contributed by atoms with E-state index in [-0.39, 0.29) is 0 Å². The second-order valence-electron chi connectivity index (χ2n) is 6.05. The van der Waals surface area contributed by atoms with Crippen LogP contribution >= 0.6 is 0 Å². The molecule has 0 bridgehead atoms. The highest BCUT2D eigenvalue weighted by Gasteiger charge is 2.69. The van der Waals surface area contributed by atoms with Crippen LogP contribution in [0.3, 0.4) is 0 Å². The van der Waals surface area contributed by atoms with E-state index in [9.17, 15) is 0 Å². The molecular formula is C12H19N. The standard InChI is InChI=1S/C12H19N/c13-6-9-7-1-2-10-11(7)8(9)5-12(10)3-4-12/h7-11H,1-6,13H2/t7?,8-,9?,10+,11?/m0/s1. The Morgan fingerprint density at radius 3 is 2.69 bits per heavy atom. The first-order chi connectivity index (χ1) is 6.36. The third-order valence-corrected chi connectivity index (χ3v) is 5.96. The van der Waals surface area contributed by atoms with E-state index in [0.717, 1.165) is 41.5 Å². The van der Waals surface area contributed by atoms with E-state index < -0.39 is 0 Å². The van der Waals surface area contributed by atoms with Gasteiger partial charge in [-0.2, -0.15) is 0 Å². The van der Waals surface area contributed by atoms with Crippen LogP contribution in [0.5, 0.6) is 0 Å². The highest BCUT2D eigenvalue weighted by Crippen LogP contribution is 2.77. The number of hydrogen-bond donors (Lipinski definition) is 1. The van der Waals surface area contributed by atoms with Gasteiger partial charge in [0.25, 0.3) is 0 Å². The molecule has 13 heavy (non-hydrogen) atoms. The van der Waals surface area contributed by atoms with Crippen molar-refractivity contribution in [2.75, 3.05) is 6.54 Å². The van der Waals surface area contributed by atoms with Crippen molar-refractivity contribution in [3.8, 4) is 0 Å². The van der Waals surface area contributed by atoms with Crippen LogP contribution < -0.4 is 5.73 Å². The first kappa shape index (κ1) is 7.28. The average Bonchev–Trinajstić information content (AvgIpc) is 2.72. The number of rotatable bonds is 1. The van der Waals surface area contributed by atoms with E-state index in [1.165, 1.54) is 6.42 Å². The van der Waals surface area contributed by atoms with E-state index in [1.807, 2.05) is 0 Å². The summed E-state index contributed by atoms with van der Waals surface area (Å²) < 4.78 is 0. The van der Waals surface area contributed by atoms with E-state index in [1.54, 1.807) is 25.7 Å². The van der Waals surface area contributed by atoms with Gasteiger partial charge in [0.05, 0.1) is 0 Å². The van der Waals surface area contributed by atoms with Crippen molar-refractivity contribution < 1.29 is 0 Å². The summed E-state index contributed by atoms with van der Waals surface area (Å²) in [5.74, 6) is 5.39. The van der Waals surface area contributed by atoms with Gasteiger partial charge in [-0.05, 0) is 73.7 Å². The monoisotopic (exact) mass is 177 g/mol. The lowest BCUT2D eigenvalue weighted by Crippen LogP contribution is -2.46. The van der Waals surface area contributed by atoms with Crippen LogP contribution in [0.2, 0.25) is 0 Å². The highest BCUT2D eigenvalue weighted by molar-refractivity contribution is 5.19. The topological polar surface area (TPSA) is 26.0 Å². The number of fused-ring (bicyclic) bond motifs is 1. The molecule has 0 aliphatic heterocycles. The van der Waals surface area contributed by atoms with Gasteiger partial charge in [-0.15, -0.1) is 0 Å². The fourth-order valence-electron chi connectivity index (χ4n) is 5.34. The first-order valence-electron chi connectivity index (χ1n) is 6.06. The van der Waals surface area contributed by atoms with Gasteiger partial charge in [0, 0.05) is 0 Å². The zero-order valence-corrected chi connectivity index (χ0v) is 8.21. The lowest BCUT2D eigenvalue weighted by atomic mass is 9.59. The molecule has 4 saturated carbocycles. The van der Waals surface area contributed by atoms with Crippen LogP contribution in [0.15, 0.2) is 0 Å². The van der Waals surface area contributed by atoms with Crippen molar-refractivity contribution in [3.63, 3.8) is 0 Å². The maximum atomic E-state index is 5.88. The van der Waals surface area contributed by atoms with Gasteiger partial charge < -0.3 is 5.73 Å². The summed E-state index contributed by atoms with van der Waals surface area (Å²) in [4.78, 5) is 0. The SMILES string of the molecule is NCC1C2CC[C@@H]3C2[C@H]1CC31CC1. The molecule has 0 aromatic heterocycles. The molecule has 3 unspecified atom stereocenters. The molecule has 4 rings (SSSR count). The largest absolute Gasteiger partial charge is 0.330 e. The molecule has 2 N–H and O–H groups in total. The zero-order valence-electron chi connectivity index (χ0n) is 8.21. The average molecular weight is 177 g/mol. The van der Waals surface area contributed by atoms with Crippen molar-refractivity contribution >= 4 is 0 Å². The summed E-state index contributed by atoms with van der Waals surface area (Å²) in [6.07, 6.45) is 7.78. The summed E-state index contributed by atoms with van der Waals surface area (Å²) in [7, 11) is 0. The minimum absolute atomic E-state index is 0.883. The van der Waals surface area contributed by atoms with Crippen molar-refractivity contribution in [1.29, 1.82) is 0 Å². The van der Waals surface area contributed by atoms with Gasteiger partial charge in [-0.1, -0.05) is 0 Å². The fraction of sp³-hybridized carbons (Fsp3) is 1.00. The smallest absolute Gasteiger partial charge is 0.00433 e. The van der Waals surface area contributed by atoms with Crippen LogP contribution in [0.4, 0.5) is 0 Å². The summed E-state index contributed by atoms with van der Waals surface area (Å²) in [6.45, 7) is 0.981. The number of nitrogens with two attached hydrogens (primary N) is 1. The minimum Gasteiger partial charge on any atom is -0.330 e. The molecule has 0 amide bonds. The zero-order chi connectivity index (χ0) is 8.63. The van der Waals surface area contributed by atoms with Gasteiger partial charge in [0.1, 0.15) is 0 Å². The molecular weight excluding hydrogens is 158 g/mol. The van der Waals surface area contributed by atoms with Gasteiger partial charge >= 0.3 is 0 Å². The second-order valence-corrected chi connectivity index (χ2v) is 6.05. The minimum atomic E-state index is 0.883. The van der Waals surface area contributed by atoms with Crippen molar-refractivity contribution in [2.45, 2.75) is 32.1 Å². The van der Waals surface area contributed by atoms with Crippen molar-refractivity contribution in [1.82, 2.24) is 0 Å². The molecule has 0 heterocycles. The van der Waals surface area contributed by atoms with E-state index in [2.05, 4.69) is 0 Å². The molecule has 0 aromatic carbocycles. The molecule has 72 valence electrons. The Labute approximate surface area is 80.1 Å². The number of hydrogen-bond acceptors (Lipinski definition) is 1. The Morgan fingerprint density at radius 1 is 1.15 bits per heavy atom. The molecule has 4 aliphatic carbocycles.